The first-order valence-electron chi connectivity index (χ1n) is 10.2. The highest BCUT2D eigenvalue weighted by Crippen LogP contribution is 2.16. The van der Waals surface area contributed by atoms with Gasteiger partial charge < -0.3 is 10.2 Å². The number of aryl methyl sites for hydroxylation is 1. The molecule has 2 amide bonds. The van der Waals surface area contributed by atoms with Gasteiger partial charge in [0, 0.05) is 13.0 Å². The van der Waals surface area contributed by atoms with Crippen molar-refractivity contribution in [1.82, 2.24) is 10.2 Å². The van der Waals surface area contributed by atoms with Crippen LogP contribution in [0.4, 0.5) is 0 Å². The van der Waals surface area contributed by atoms with Crippen LogP contribution in [0.3, 0.4) is 0 Å². The van der Waals surface area contributed by atoms with Gasteiger partial charge in [-0.2, -0.15) is 0 Å². The first-order valence-corrected chi connectivity index (χ1v) is 10.2. The van der Waals surface area contributed by atoms with Crippen LogP contribution in [-0.2, 0) is 22.4 Å². The number of piperazine rings is 1. The van der Waals surface area contributed by atoms with Crippen molar-refractivity contribution in [2.45, 2.75) is 51.5 Å². The van der Waals surface area contributed by atoms with Crippen LogP contribution in [0, 0.1) is 0 Å². The molecule has 0 radical (unpaired) electrons. The molecule has 0 aromatic heterocycles. The zero-order valence-electron chi connectivity index (χ0n) is 16.9. The van der Waals surface area contributed by atoms with Crippen LogP contribution >= 0.6 is 0 Å². The molecule has 1 aliphatic heterocycles. The standard InChI is InChI=1S/C24H30N2O2/c1-18(2)21-13-11-19(12-14-21)9-6-10-24(28)26-16-22(25-23(27)17-26)15-20-7-4-3-5-8-20/h3-5,7-8,11-14,18,22H,6,9-10,15-17H2,1-2H3,(H,25,27)/t22-/m0/s1. The third-order valence-corrected chi connectivity index (χ3v) is 5.32. The fourth-order valence-electron chi connectivity index (χ4n) is 3.70. The quantitative estimate of drug-likeness (QED) is 0.799. The predicted octanol–water partition coefficient (Wildman–Crippen LogP) is 3.70. The maximum Gasteiger partial charge on any atom is 0.239 e. The lowest BCUT2D eigenvalue weighted by Gasteiger charge is -2.33. The maximum atomic E-state index is 12.6. The van der Waals surface area contributed by atoms with E-state index in [1.165, 1.54) is 16.7 Å². The topological polar surface area (TPSA) is 49.4 Å². The lowest BCUT2D eigenvalue weighted by Crippen LogP contribution is -2.56. The Morgan fingerprint density at radius 1 is 1.07 bits per heavy atom. The summed E-state index contributed by atoms with van der Waals surface area (Å²) in [4.78, 5) is 26.4. The molecule has 0 bridgehead atoms. The molecule has 2 aromatic rings. The van der Waals surface area contributed by atoms with Crippen molar-refractivity contribution in [3.63, 3.8) is 0 Å². The summed E-state index contributed by atoms with van der Waals surface area (Å²) in [7, 11) is 0. The Balaban J connectivity index is 1.48. The first kappa shape index (κ1) is 20.1. The molecule has 0 unspecified atom stereocenters. The Hall–Kier alpha value is -2.62. The number of amides is 2. The summed E-state index contributed by atoms with van der Waals surface area (Å²) in [5.74, 6) is 0.543. The zero-order chi connectivity index (χ0) is 19.9. The summed E-state index contributed by atoms with van der Waals surface area (Å²) in [5.41, 5.74) is 3.77. The molecule has 1 N–H and O–H groups in total. The van der Waals surface area contributed by atoms with Crippen LogP contribution in [-0.4, -0.2) is 35.8 Å². The van der Waals surface area contributed by atoms with Crippen molar-refractivity contribution < 1.29 is 9.59 Å². The smallest absolute Gasteiger partial charge is 0.239 e. The highest BCUT2D eigenvalue weighted by Gasteiger charge is 2.27. The van der Waals surface area contributed by atoms with Gasteiger partial charge in [0.15, 0.2) is 0 Å². The Bertz CT molecular complexity index is 784. The number of nitrogens with zero attached hydrogens (tertiary/aromatic N) is 1. The van der Waals surface area contributed by atoms with Gasteiger partial charge in [-0.25, -0.2) is 0 Å². The van der Waals surface area contributed by atoms with E-state index < -0.39 is 0 Å². The van der Waals surface area contributed by atoms with Gasteiger partial charge in [0.25, 0.3) is 0 Å². The van der Waals surface area contributed by atoms with E-state index >= 15 is 0 Å². The third kappa shape index (κ3) is 5.69. The molecule has 1 fully saturated rings. The van der Waals surface area contributed by atoms with Gasteiger partial charge in [-0.3, -0.25) is 9.59 Å². The summed E-state index contributed by atoms with van der Waals surface area (Å²) in [6, 6.07) is 18.7. The predicted molar refractivity (Wildman–Crippen MR) is 112 cm³/mol. The van der Waals surface area contributed by atoms with E-state index in [2.05, 4.69) is 55.6 Å². The van der Waals surface area contributed by atoms with E-state index in [0.29, 0.717) is 18.9 Å². The fourth-order valence-corrected chi connectivity index (χ4v) is 3.70. The number of nitrogens with one attached hydrogen (secondary N) is 1. The molecule has 0 spiro atoms. The molecular weight excluding hydrogens is 348 g/mol. The first-order chi connectivity index (χ1) is 13.5. The SMILES string of the molecule is CC(C)c1ccc(CCCC(=O)N2CC(=O)N[C@@H](Cc3ccccc3)C2)cc1. The molecule has 28 heavy (non-hydrogen) atoms. The van der Waals surface area contributed by atoms with Gasteiger partial charge in [0.1, 0.15) is 0 Å². The molecule has 1 saturated heterocycles. The van der Waals surface area contributed by atoms with Crippen molar-refractivity contribution in [3.8, 4) is 0 Å². The number of hydrogen-bond acceptors (Lipinski definition) is 2. The van der Waals surface area contributed by atoms with Crippen LogP contribution in [0.15, 0.2) is 54.6 Å². The molecule has 1 heterocycles. The number of carbonyl (C=O) groups is 2. The number of carbonyl (C=O) groups excluding carboxylic acids is 2. The minimum absolute atomic E-state index is 0.0174. The van der Waals surface area contributed by atoms with Crippen LogP contribution < -0.4 is 5.32 Å². The van der Waals surface area contributed by atoms with E-state index in [0.717, 1.165) is 19.3 Å². The summed E-state index contributed by atoms with van der Waals surface area (Å²) in [6.07, 6.45) is 2.93. The molecule has 1 atom stereocenters. The van der Waals surface area contributed by atoms with Crippen LogP contribution in [0.1, 0.15) is 49.3 Å². The van der Waals surface area contributed by atoms with Gasteiger partial charge >= 0.3 is 0 Å². The van der Waals surface area contributed by atoms with E-state index in [1.807, 2.05) is 18.2 Å². The largest absolute Gasteiger partial charge is 0.350 e. The van der Waals surface area contributed by atoms with Crippen LogP contribution in [0.25, 0.3) is 0 Å². The molecule has 0 saturated carbocycles. The molecule has 3 rings (SSSR count). The van der Waals surface area contributed by atoms with Crippen LogP contribution in [0.5, 0.6) is 0 Å². The Morgan fingerprint density at radius 3 is 2.46 bits per heavy atom. The molecule has 1 aliphatic rings. The minimum atomic E-state index is -0.0650. The van der Waals surface area contributed by atoms with E-state index in [4.69, 9.17) is 0 Å². The summed E-state index contributed by atoms with van der Waals surface area (Å²) >= 11 is 0. The summed E-state index contributed by atoms with van der Waals surface area (Å²) < 4.78 is 0. The molecule has 0 aliphatic carbocycles. The lowest BCUT2D eigenvalue weighted by atomic mass is 9.99. The second-order valence-corrected chi connectivity index (χ2v) is 7.98. The van der Waals surface area contributed by atoms with Crippen molar-refractivity contribution in [2.24, 2.45) is 0 Å². The lowest BCUT2D eigenvalue weighted by molar-refractivity contribution is -0.139. The van der Waals surface area contributed by atoms with Crippen LogP contribution in [0.2, 0.25) is 0 Å². The van der Waals surface area contributed by atoms with Crippen molar-refractivity contribution in [2.75, 3.05) is 13.1 Å². The Morgan fingerprint density at radius 2 is 1.79 bits per heavy atom. The Kier molecular flexibility index (Phi) is 6.85. The van der Waals surface area contributed by atoms with Crippen molar-refractivity contribution >= 4 is 11.8 Å². The normalized spacial score (nSPS) is 16.9. The fraction of sp³-hybridized carbons (Fsp3) is 0.417. The van der Waals surface area contributed by atoms with Gasteiger partial charge in [-0.1, -0.05) is 68.4 Å². The van der Waals surface area contributed by atoms with E-state index in [-0.39, 0.29) is 24.4 Å². The average Bonchev–Trinajstić information content (AvgIpc) is 2.68. The minimum Gasteiger partial charge on any atom is -0.350 e. The molecule has 4 nitrogen and oxygen atoms in total. The second-order valence-electron chi connectivity index (χ2n) is 7.98. The molecule has 148 valence electrons. The number of rotatable bonds is 7. The summed E-state index contributed by atoms with van der Waals surface area (Å²) in [6.45, 7) is 5.14. The number of hydrogen-bond donors (Lipinski definition) is 1. The maximum absolute atomic E-state index is 12.6. The monoisotopic (exact) mass is 378 g/mol. The average molecular weight is 379 g/mol. The molecule has 4 heteroatoms. The van der Waals surface area contributed by atoms with E-state index in [9.17, 15) is 9.59 Å². The molecule has 2 aromatic carbocycles. The van der Waals surface area contributed by atoms with Gasteiger partial charge in [0.05, 0.1) is 12.6 Å². The van der Waals surface area contributed by atoms with E-state index in [1.54, 1.807) is 4.90 Å². The number of benzene rings is 2. The van der Waals surface area contributed by atoms with Gasteiger partial charge in [0.2, 0.25) is 11.8 Å². The molecular formula is C24H30N2O2. The second kappa shape index (κ2) is 9.54. The van der Waals surface area contributed by atoms with Crippen molar-refractivity contribution in [1.29, 1.82) is 0 Å². The highest BCUT2D eigenvalue weighted by molar-refractivity contribution is 5.86. The van der Waals surface area contributed by atoms with Crippen molar-refractivity contribution in [3.05, 3.63) is 71.3 Å². The summed E-state index contributed by atoms with van der Waals surface area (Å²) in [5, 5.41) is 3.01. The van der Waals surface area contributed by atoms with Gasteiger partial charge in [-0.15, -0.1) is 0 Å². The third-order valence-electron chi connectivity index (χ3n) is 5.32. The van der Waals surface area contributed by atoms with Gasteiger partial charge in [-0.05, 0) is 41.9 Å². The zero-order valence-corrected chi connectivity index (χ0v) is 16.9. The highest BCUT2D eigenvalue weighted by atomic mass is 16.2. The Labute approximate surface area is 167 Å².